The van der Waals surface area contributed by atoms with Crippen LogP contribution in [-0.2, 0) is 17.9 Å². The summed E-state index contributed by atoms with van der Waals surface area (Å²) in [5.74, 6) is -0.423. The number of nitrogens with one attached hydrogen (secondary N) is 1. The molecule has 2 heterocycles. The van der Waals surface area contributed by atoms with Gasteiger partial charge in [-0.15, -0.1) is 10.2 Å². The average Bonchev–Trinajstić information content (AvgIpc) is 3.17. The second kappa shape index (κ2) is 11.7. The van der Waals surface area contributed by atoms with Crippen molar-refractivity contribution in [1.82, 2.24) is 14.8 Å². The molecule has 5 rings (SSSR count). The maximum atomic E-state index is 12.5. The van der Waals surface area contributed by atoms with Crippen LogP contribution in [0.15, 0.2) is 89.1 Å². The molecule has 1 saturated heterocycles. The minimum absolute atomic E-state index is 0.0450. The first-order valence-corrected chi connectivity index (χ1v) is 12.9. The first-order chi connectivity index (χ1) is 18.1. The van der Waals surface area contributed by atoms with E-state index in [0.29, 0.717) is 17.0 Å². The maximum absolute atomic E-state index is 12.5. The van der Waals surface area contributed by atoms with Crippen LogP contribution in [0.25, 0.3) is 10.9 Å². The number of hydrogen-bond donors (Lipinski definition) is 2. The number of azo groups is 1. The van der Waals surface area contributed by atoms with E-state index in [2.05, 4.69) is 44.7 Å². The second-order valence-corrected chi connectivity index (χ2v) is 9.85. The number of fused-ring (bicyclic) bond motifs is 1. The smallest absolute Gasteiger partial charge is 0.278 e. The fourth-order valence-corrected chi connectivity index (χ4v) is 5.00. The van der Waals surface area contributed by atoms with Gasteiger partial charge in [-0.25, -0.2) is 0 Å². The molecule has 0 saturated carbocycles. The summed E-state index contributed by atoms with van der Waals surface area (Å²) in [6, 6.07) is 25.9. The van der Waals surface area contributed by atoms with Crippen molar-refractivity contribution >= 4 is 34.1 Å². The molecule has 37 heavy (non-hydrogen) atoms. The number of carbonyl (C=O) groups excluding carboxylic acids is 1. The van der Waals surface area contributed by atoms with Crippen molar-refractivity contribution in [3.8, 4) is 5.88 Å². The quantitative estimate of drug-likeness (QED) is 0.286. The fraction of sp³-hybridized carbons (Fsp3) is 0.276. The lowest BCUT2D eigenvalue weighted by Crippen LogP contribution is -2.43. The number of halogens is 1. The molecule has 0 bridgehead atoms. The first-order valence-electron chi connectivity index (χ1n) is 12.6. The van der Waals surface area contributed by atoms with E-state index in [1.165, 1.54) is 5.56 Å². The number of rotatable bonds is 8. The van der Waals surface area contributed by atoms with Gasteiger partial charge in [0.05, 0.1) is 18.6 Å². The molecule has 1 aliphatic rings. The SMILES string of the molecule is O=C(CNC1CCN(Cc2ccccc2)CC1)N=Nc1c(O)n(Cc2ccccc2)c2ccc(Cl)cc12. The molecule has 1 amide bonds. The van der Waals surface area contributed by atoms with Gasteiger partial charge in [-0.1, -0.05) is 72.3 Å². The Kier molecular flexibility index (Phi) is 7.94. The third kappa shape index (κ3) is 6.25. The Morgan fingerprint density at radius 3 is 2.27 bits per heavy atom. The van der Waals surface area contributed by atoms with Gasteiger partial charge < -0.3 is 15.0 Å². The maximum Gasteiger partial charge on any atom is 0.278 e. The van der Waals surface area contributed by atoms with Crippen LogP contribution in [-0.4, -0.2) is 46.2 Å². The zero-order valence-corrected chi connectivity index (χ0v) is 21.3. The van der Waals surface area contributed by atoms with E-state index in [9.17, 15) is 9.90 Å². The highest BCUT2D eigenvalue weighted by Crippen LogP contribution is 2.40. The van der Waals surface area contributed by atoms with Crippen LogP contribution < -0.4 is 5.32 Å². The van der Waals surface area contributed by atoms with E-state index in [1.54, 1.807) is 16.7 Å². The molecular formula is C29H30ClN5O2. The third-order valence-corrected chi connectivity index (χ3v) is 7.03. The van der Waals surface area contributed by atoms with Gasteiger partial charge in [0.15, 0.2) is 5.69 Å². The molecule has 190 valence electrons. The predicted octanol–water partition coefficient (Wildman–Crippen LogP) is 5.91. The summed E-state index contributed by atoms with van der Waals surface area (Å²) in [7, 11) is 0. The van der Waals surface area contributed by atoms with Gasteiger partial charge in [0, 0.05) is 23.0 Å². The van der Waals surface area contributed by atoms with Crippen LogP contribution in [0.4, 0.5) is 5.69 Å². The molecule has 8 heteroatoms. The lowest BCUT2D eigenvalue weighted by Gasteiger charge is -2.32. The number of aromatic nitrogens is 1. The Balaban J connectivity index is 1.20. The zero-order chi connectivity index (χ0) is 25.6. The summed E-state index contributed by atoms with van der Waals surface area (Å²) in [5, 5.41) is 23.5. The summed E-state index contributed by atoms with van der Waals surface area (Å²) in [4.78, 5) is 15.0. The van der Waals surface area contributed by atoms with E-state index >= 15 is 0 Å². The Hall–Kier alpha value is -3.52. The average molecular weight is 516 g/mol. The van der Waals surface area contributed by atoms with Gasteiger partial charge in [-0.3, -0.25) is 9.69 Å². The Bertz CT molecular complexity index is 1380. The normalized spacial score (nSPS) is 15.1. The van der Waals surface area contributed by atoms with Gasteiger partial charge in [0.2, 0.25) is 5.88 Å². The largest absolute Gasteiger partial charge is 0.493 e. The van der Waals surface area contributed by atoms with E-state index in [1.807, 2.05) is 42.5 Å². The Morgan fingerprint density at radius 2 is 1.59 bits per heavy atom. The monoisotopic (exact) mass is 515 g/mol. The highest BCUT2D eigenvalue weighted by molar-refractivity contribution is 6.31. The number of carbonyl (C=O) groups is 1. The molecule has 0 aliphatic carbocycles. The minimum Gasteiger partial charge on any atom is -0.493 e. The highest BCUT2D eigenvalue weighted by Gasteiger charge is 2.20. The molecule has 1 fully saturated rings. The molecule has 7 nitrogen and oxygen atoms in total. The van der Waals surface area contributed by atoms with Crippen molar-refractivity contribution < 1.29 is 9.90 Å². The van der Waals surface area contributed by atoms with Crippen LogP contribution in [0.3, 0.4) is 0 Å². The van der Waals surface area contributed by atoms with Gasteiger partial charge in [0.1, 0.15) is 0 Å². The topological polar surface area (TPSA) is 82.2 Å². The Labute approximate surface area is 221 Å². The van der Waals surface area contributed by atoms with Gasteiger partial charge in [0.25, 0.3) is 5.91 Å². The van der Waals surface area contributed by atoms with Crippen LogP contribution in [0, 0.1) is 0 Å². The molecule has 0 unspecified atom stereocenters. The number of piperidine rings is 1. The lowest BCUT2D eigenvalue weighted by molar-refractivity contribution is -0.117. The summed E-state index contributed by atoms with van der Waals surface area (Å²) >= 11 is 6.22. The molecule has 4 aromatic rings. The third-order valence-electron chi connectivity index (χ3n) is 6.80. The number of likely N-dealkylation sites (tertiary alicyclic amines) is 1. The molecule has 1 aromatic heterocycles. The van der Waals surface area contributed by atoms with Crippen molar-refractivity contribution in [2.24, 2.45) is 10.2 Å². The number of nitrogens with zero attached hydrogens (tertiary/aromatic N) is 4. The van der Waals surface area contributed by atoms with Crippen LogP contribution in [0.2, 0.25) is 5.02 Å². The number of hydrogen-bond acceptors (Lipinski definition) is 5. The zero-order valence-electron chi connectivity index (χ0n) is 20.6. The highest BCUT2D eigenvalue weighted by atomic mass is 35.5. The molecule has 3 aromatic carbocycles. The van der Waals surface area contributed by atoms with Crippen molar-refractivity contribution in [2.45, 2.75) is 32.0 Å². The standard InChI is InChI=1S/C29H30ClN5O2/c30-23-11-12-26-25(17-23)28(29(37)35(26)20-22-9-5-2-6-10-22)33-32-27(36)18-31-24-13-15-34(16-14-24)19-21-7-3-1-4-8-21/h1-12,17,24,31,37H,13-16,18-20H2. The fourth-order valence-electron chi connectivity index (χ4n) is 4.83. The molecule has 1 aliphatic heterocycles. The van der Waals surface area contributed by atoms with Crippen molar-refractivity contribution in [3.63, 3.8) is 0 Å². The van der Waals surface area contributed by atoms with E-state index < -0.39 is 0 Å². The van der Waals surface area contributed by atoms with Crippen molar-refractivity contribution in [2.75, 3.05) is 19.6 Å². The molecule has 2 N–H and O–H groups in total. The number of benzene rings is 3. The van der Waals surface area contributed by atoms with E-state index in [-0.39, 0.29) is 30.1 Å². The van der Waals surface area contributed by atoms with Gasteiger partial charge in [-0.2, -0.15) is 0 Å². The van der Waals surface area contributed by atoms with Crippen LogP contribution >= 0.6 is 11.6 Å². The molecule has 0 atom stereocenters. The van der Waals surface area contributed by atoms with Crippen LogP contribution in [0.5, 0.6) is 5.88 Å². The summed E-state index contributed by atoms with van der Waals surface area (Å²) in [6.07, 6.45) is 1.95. The lowest BCUT2D eigenvalue weighted by atomic mass is 10.0. The summed E-state index contributed by atoms with van der Waals surface area (Å²) in [5.41, 5.74) is 3.37. The molecule has 0 spiro atoms. The predicted molar refractivity (Wildman–Crippen MR) is 146 cm³/mol. The minimum atomic E-state index is -0.378. The molecular weight excluding hydrogens is 486 g/mol. The first kappa shape index (κ1) is 25.1. The van der Waals surface area contributed by atoms with Gasteiger partial charge in [-0.05, 0) is 55.3 Å². The second-order valence-electron chi connectivity index (χ2n) is 9.42. The number of amides is 1. The summed E-state index contributed by atoms with van der Waals surface area (Å²) < 4.78 is 1.75. The number of aromatic hydroxyl groups is 1. The molecule has 0 radical (unpaired) electrons. The Morgan fingerprint density at radius 1 is 0.946 bits per heavy atom. The van der Waals surface area contributed by atoms with Gasteiger partial charge >= 0.3 is 0 Å². The summed E-state index contributed by atoms with van der Waals surface area (Å²) in [6.45, 7) is 3.48. The van der Waals surface area contributed by atoms with Crippen LogP contribution in [0.1, 0.15) is 24.0 Å². The van der Waals surface area contributed by atoms with E-state index in [4.69, 9.17) is 11.6 Å². The van der Waals surface area contributed by atoms with E-state index in [0.717, 1.165) is 43.6 Å². The van der Waals surface area contributed by atoms with Crippen molar-refractivity contribution in [1.29, 1.82) is 0 Å². The van der Waals surface area contributed by atoms with Crippen molar-refractivity contribution in [3.05, 3.63) is 95.0 Å².